The van der Waals surface area contributed by atoms with Crippen LogP contribution < -0.4 is 5.32 Å². The van der Waals surface area contributed by atoms with Crippen molar-refractivity contribution >= 4 is 11.6 Å². The lowest BCUT2D eigenvalue weighted by Gasteiger charge is -2.24. The number of anilines is 1. The van der Waals surface area contributed by atoms with Crippen LogP contribution in [-0.2, 0) is 11.2 Å². The summed E-state index contributed by atoms with van der Waals surface area (Å²) in [7, 11) is 0. The van der Waals surface area contributed by atoms with E-state index in [1.54, 1.807) is 0 Å². The number of hydrogen-bond donors (Lipinski definition) is 1. The Labute approximate surface area is 110 Å². The van der Waals surface area contributed by atoms with Crippen molar-refractivity contribution in [3.05, 3.63) is 29.8 Å². The molecule has 1 aliphatic carbocycles. The van der Waals surface area contributed by atoms with Gasteiger partial charge in [0.15, 0.2) is 0 Å². The molecule has 18 heavy (non-hydrogen) atoms. The average molecular weight is 245 g/mol. The molecule has 0 aromatic heterocycles. The summed E-state index contributed by atoms with van der Waals surface area (Å²) in [6, 6.07) is 8.22. The molecule has 1 aromatic rings. The van der Waals surface area contributed by atoms with Gasteiger partial charge in [0, 0.05) is 12.6 Å². The van der Waals surface area contributed by atoms with Crippen LogP contribution in [0.5, 0.6) is 0 Å². The summed E-state index contributed by atoms with van der Waals surface area (Å²) in [5, 5.41) is 2.79. The smallest absolute Gasteiger partial charge is 0.221 e. The van der Waals surface area contributed by atoms with Crippen molar-refractivity contribution in [3.8, 4) is 0 Å². The second-order valence-corrected chi connectivity index (χ2v) is 5.42. The fraction of sp³-hybridized carbons (Fsp3) is 0.562. The zero-order chi connectivity index (χ0) is 12.8. The van der Waals surface area contributed by atoms with E-state index < -0.39 is 0 Å². The Morgan fingerprint density at radius 1 is 1.22 bits per heavy atom. The highest BCUT2D eigenvalue weighted by atomic mass is 16.1. The van der Waals surface area contributed by atoms with Crippen molar-refractivity contribution in [1.29, 1.82) is 0 Å². The van der Waals surface area contributed by atoms with Crippen LogP contribution in [0.4, 0.5) is 5.69 Å². The van der Waals surface area contributed by atoms with Crippen molar-refractivity contribution in [2.24, 2.45) is 5.92 Å². The summed E-state index contributed by atoms with van der Waals surface area (Å²) < 4.78 is 0. The van der Waals surface area contributed by atoms with E-state index >= 15 is 0 Å². The first kappa shape index (κ1) is 13.1. The van der Waals surface area contributed by atoms with Gasteiger partial charge in [0.05, 0.1) is 0 Å². The third-order valence-electron chi connectivity index (χ3n) is 3.83. The molecule has 0 spiro atoms. The fourth-order valence-electron chi connectivity index (χ4n) is 2.50. The minimum atomic E-state index is -0.0109. The molecule has 0 atom stereocenters. The van der Waals surface area contributed by atoms with E-state index in [-0.39, 0.29) is 5.91 Å². The first-order valence-corrected chi connectivity index (χ1v) is 7.10. The van der Waals surface area contributed by atoms with Crippen molar-refractivity contribution in [1.82, 2.24) is 0 Å². The van der Waals surface area contributed by atoms with Crippen molar-refractivity contribution in [3.63, 3.8) is 0 Å². The Morgan fingerprint density at radius 2 is 1.94 bits per heavy atom. The van der Waals surface area contributed by atoms with Gasteiger partial charge in [-0.2, -0.15) is 0 Å². The van der Waals surface area contributed by atoms with Crippen LogP contribution >= 0.6 is 0 Å². The van der Waals surface area contributed by atoms with E-state index in [1.807, 2.05) is 12.1 Å². The first-order valence-electron chi connectivity index (χ1n) is 7.10. The molecule has 1 aromatic carbocycles. The molecule has 0 heterocycles. The van der Waals surface area contributed by atoms with E-state index in [0.717, 1.165) is 18.0 Å². The number of carbonyl (C=O) groups excluding carboxylic acids is 1. The zero-order valence-corrected chi connectivity index (χ0v) is 11.2. The molecule has 0 saturated heterocycles. The normalized spacial score (nSPS) is 15.2. The van der Waals surface area contributed by atoms with Gasteiger partial charge in [-0.1, -0.05) is 44.2 Å². The quantitative estimate of drug-likeness (QED) is 0.749. The maximum Gasteiger partial charge on any atom is 0.221 e. The van der Waals surface area contributed by atoms with Crippen LogP contribution in [0, 0.1) is 5.92 Å². The number of carbonyl (C=O) groups is 1. The second kappa shape index (κ2) is 6.58. The topological polar surface area (TPSA) is 29.1 Å². The van der Waals surface area contributed by atoms with E-state index in [1.165, 1.54) is 51.0 Å². The van der Waals surface area contributed by atoms with Gasteiger partial charge in [0.1, 0.15) is 0 Å². The predicted octanol–water partition coefficient (Wildman–Crippen LogP) is 4.16. The number of rotatable bonds is 6. The lowest BCUT2D eigenvalue weighted by atomic mass is 9.81. The van der Waals surface area contributed by atoms with Gasteiger partial charge in [-0.3, -0.25) is 4.79 Å². The van der Waals surface area contributed by atoms with Crippen LogP contribution in [0.15, 0.2) is 24.3 Å². The second-order valence-electron chi connectivity index (χ2n) is 5.42. The highest BCUT2D eigenvalue weighted by molar-refractivity contribution is 5.88. The van der Waals surface area contributed by atoms with E-state index in [9.17, 15) is 4.79 Å². The molecule has 1 N–H and O–H groups in total. The lowest BCUT2D eigenvalue weighted by molar-refractivity contribution is -0.114. The Morgan fingerprint density at radius 3 is 2.50 bits per heavy atom. The number of benzene rings is 1. The summed E-state index contributed by atoms with van der Waals surface area (Å²) >= 11 is 0. The van der Waals surface area contributed by atoms with Crippen molar-refractivity contribution < 1.29 is 4.79 Å². The fourth-order valence-corrected chi connectivity index (χ4v) is 2.50. The van der Waals surface area contributed by atoms with Gasteiger partial charge in [0.2, 0.25) is 5.91 Å². The molecule has 0 radical (unpaired) electrons. The van der Waals surface area contributed by atoms with E-state index in [0.29, 0.717) is 0 Å². The van der Waals surface area contributed by atoms with Gasteiger partial charge in [0.25, 0.3) is 0 Å². The predicted molar refractivity (Wildman–Crippen MR) is 75.6 cm³/mol. The van der Waals surface area contributed by atoms with Crippen LogP contribution in [0.25, 0.3) is 0 Å². The van der Waals surface area contributed by atoms with Gasteiger partial charge < -0.3 is 5.32 Å². The molecule has 2 nitrogen and oxygen atoms in total. The van der Waals surface area contributed by atoms with Crippen LogP contribution in [0.1, 0.15) is 51.0 Å². The van der Waals surface area contributed by atoms with Crippen LogP contribution in [0.2, 0.25) is 0 Å². The molecule has 2 heteroatoms. The molecule has 0 aliphatic heterocycles. The number of nitrogens with one attached hydrogen (secondary N) is 1. The van der Waals surface area contributed by atoms with Gasteiger partial charge >= 0.3 is 0 Å². The minimum Gasteiger partial charge on any atom is -0.326 e. The molecule has 0 unspecified atom stereocenters. The van der Waals surface area contributed by atoms with Crippen molar-refractivity contribution in [2.75, 3.05) is 5.32 Å². The zero-order valence-electron chi connectivity index (χ0n) is 11.2. The Hall–Kier alpha value is -1.31. The molecule has 1 aliphatic rings. The number of hydrogen-bond acceptors (Lipinski definition) is 1. The summed E-state index contributed by atoms with van der Waals surface area (Å²) in [4.78, 5) is 10.9. The minimum absolute atomic E-state index is 0.0109. The molecule has 98 valence electrons. The summed E-state index contributed by atoms with van der Waals surface area (Å²) in [5.74, 6) is 1.02. The Bertz CT molecular complexity index is 379. The first-order chi connectivity index (χ1) is 8.74. The van der Waals surface area contributed by atoms with E-state index in [4.69, 9.17) is 0 Å². The summed E-state index contributed by atoms with van der Waals surface area (Å²) in [5.41, 5.74) is 2.26. The molecule has 1 saturated carbocycles. The Balaban J connectivity index is 1.67. The highest BCUT2D eigenvalue weighted by Gasteiger charge is 2.16. The summed E-state index contributed by atoms with van der Waals surface area (Å²) in [6.07, 6.45) is 9.61. The molecule has 1 fully saturated rings. The monoisotopic (exact) mass is 245 g/mol. The van der Waals surface area contributed by atoms with Gasteiger partial charge in [-0.25, -0.2) is 0 Å². The number of aryl methyl sites for hydroxylation is 1. The Kier molecular flexibility index (Phi) is 4.80. The van der Waals surface area contributed by atoms with E-state index in [2.05, 4.69) is 17.4 Å². The molecular formula is C16H23NO. The maximum absolute atomic E-state index is 10.9. The molecule has 2 rings (SSSR count). The third kappa shape index (κ3) is 4.17. The molecule has 0 bridgehead atoms. The maximum atomic E-state index is 10.9. The average Bonchev–Trinajstić information content (AvgIpc) is 2.28. The number of unbranched alkanes of at least 4 members (excludes halogenated alkanes) is 1. The third-order valence-corrected chi connectivity index (χ3v) is 3.83. The largest absolute Gasteiger partial charge is 0.326 e. The van der Waals surface area contributed by atoms with Crippen molar-refractivity contribution in [2.45, 2.75) is 51.9 Å². The van der Waals surface area contributed by atoms with Crippen LogP contribution in [-0.4, -0.2) is 5.91 Å². The summed E-state index contributed by atoms with van der Waals surface area (Å²) in [6.45, 7) is 1.54. The number of amides is 1. The van der Waals surface area contributed by atoms with Gasteiger partial charge in [-0.05, 0) is 36.5 Å². The highest BCUT2D eigenvalue weighted by Crippen LogP contribution is 2.31. The standard InChI is InChI=1S/C16H23NO/c1-13(18)17-16-11-9-15(10-12-16)6-3-2-5-14-7-4-8-14/h9-12,14H,2-8H2,1H3,(H,17,18). The lowest BCUT2D eigenvalue weighted by Crippen LogP contribution is -2.10. The van der Waals surface area contributed by atoms with Gasteiger partial charge in [-0.15, -0.1) is 0 Å². The SMILES string of the molecule is CC(=O)Nc1ccc(CCCCC2CCC2)cc1. The molecular weight excluding hydrogens is 222 g/mol. The van der Waals surface area contributed by atoms with Crippen LogP contribution in [0.3, 0.4) is 0 Å². The molecule has 1 amide bonds.